The number of unbranched alkanes of at least 4 members (excludes halogenated alkanes) is 1. The smallest absolute Gasteiger partial charge is 0.0485 e. The Bertz CT molecular complexity index is 523. The van der Waals surface area contributed by atoms with Crippen LogP contribution >= 0.6 is 0 Å². The number of nitrogens with two attached hydrogens (primary N) is 1. The third kappa shape index (κ3) is 2.09. The maximum atomic E-state index is 5.71. The van der Waals surface area contributed by atoms with E-state index in [4.69, 9.17) is 5.73 Å². The van der Waals surface area contributed by atoms with Crippen LogP contribution in [0.5, 0.6) is 0 Å². The Balaban J connectivity index is 2.56. The summed E-state index contributed by atoms with van der Waals surface area (Å²) >= 11 is 0. The third-order valence-electron chi connectivity index (χ3n) is 3.67. The average molecular weight is 230 g/mol. The minimum atomic E-state index is 0.620. The van der Waals surface area contributed by atoms with E-state index in [2.05, 4.69) is 43.5 Å². The Kier molecular flexibility index (Phi) is 3.53. The summed E-state index contributed by atoms with van der Waals surface area (Å²) < 4.78 is 2.44. The summed E-state index contributed by atoms with van der Waals surface area (Å²) in [5.74, 6) is 0. The first kappa shape index (κ1) is 12.2. The highest BCUT2D eigenvalue weighted by Gasteiger charge is 2.10. The molecule has 0 saturated carbocycles. The van der Waals surface area contributed by atoms with Crippen molar-refractivity contribution in [1.82, 2.24) is 4.57 Å². The summed E-state index contributed by atoms with van der Waals surface area (Å²) in [6.45, 7) is 8.40. The van der Waals surface area contributed by atoms with Crippen molar-refractivity contribution in [2.45, 2.75) is 46.7 Å². The summed E-state index contributed by atoms with van der Waals surface area (Å²) in [5.41, 5.74) is 11.1. The van der Waals surface area contributed by atoms with Crippen LogP contribution in [-0.4, -0.2) is 4.57 Å². The van der Waals surface area contributed by atoms with Crippen molar-refractivity contribution in [3.63, 3.8) is 0 Å². The highest BCUT2D eigenvalue weighted by molar-refractivity contribution is 5.86. The van der Waals surface area contributed by atoms with Crippen LogP contribution in [0, 0.1) is 13.8 Å². The molecule has 0 spiro atoms. The van der Waals surface area contributed by atoms with Gasteiger partial charge in [-0.2, -0.15) is 0 Å². The number of aromatic nitrogens is 1. The summed E-state index contributed by atoms with van der Waals surface area (Å²) in [6, 6.07) is 6.59. The van der Waals surface area contributed by atoms with Gasteiger partial charge in [-0.05, 0) is 43.5 Å². The second kappa shape index (κ2) is 4.92. The zero-order valence-electron chi connectivity index (χ0n) is 11.1. The molecule has 2 N–H and O–H groups in total. The van der Waals surface area contributed by atoms with E-state index in [0.717, 1.165) is 6.54 Å². The van der Waals surface area contributed by atoms with Gasteiger partial charge in [-0.1, -0.05) is 19.4 Å². The lowest BCUT2D eigenvalue weighted by Gasteiger charge is -2.07. The number of benzene rings is 1. The van der Waals surface area contributed by atoms with Gasteiger partial charge in [0.1, 0.15) is 0 Å². The second-order valence-electron chi connectivity index (χ2n) is 4.77. The highest BCUT2D eigenvalue weighted by atomic mass is 15.0. The molecule has 2 aromatic rings. The van der Waals surface area contributed by atoms with Crippen LogP contribution in [0.3, 0.4) is 0 Å². The number of nitrogens with zero attached hydrogens (tertiary/aromatic N) is 1. The molecule has 2 heteroatoms. The molecule has 0 aliphatic carbocycles. The monoisotopic (exact) mass is 230 g/mol. The first-order chi connectivity index (χ1) is 8.19. The molecule has 0 bridgehead atoms. The van der Waals surface area contributed by atoms with Crippen LogP contribution in [-0.2, 0) is 13.1 Å². The van der Waals surface area contributed by atoms with E-state index < -0.39 is 0 Å². The van der Waals surface area contributed by atoms with Gasteiger partial charge in [0.05, 0.1) is 0 Å². The summed E-state index contributed by atoms with van der Waals surface area (Å²) in [5, 5.41) is 1.36. The average Bonchev–Trinajstić information content (AvgIpc) is 2.60. The summed E-state index contributed by atoms with van der Waals surface area (Å²) in [6.07, 6.45) is 2.47. The fourth-order valence-corrected chi connectivity index (χ4v) is 2.43. The molecule has 92 valence electrons. The number of rotatable bonds is 4. The molecule has 17 heavy (non-hydrogen) atoms. The van der Waals surface area contributed by atoms with E-state index in [9.17, 15) is 0 Å². The molecule has 0 atom stereocenters. The number of aryl methyl sites for hydroxylation is 2. The lowest BCUT2D eigenvalue weighted by molar-refractivity contribution is 0.636. The maximum Gasteiger partial charge on any atom is 0.0485 e. The summed E-state index contributed by atoms with van der Waals surface area (Å²) in [7, 11) is 0. The Hall–Kier alpha value is -1.28. The number of hydrogen-bond donors (Lipinski definition) is 1. The van der Waals surface area contributed by atoms with Crippen LogP contribution < -0.4 is 5.73 Å². The Morgan fingerprint density at radius 3 is 2.65 bits per heavy atom. The van der Waals surface area contributed by atoms with Crippen molar-refractivity contribution >= 4 is 10.9 Å². The molecule has 1 heterocycles. The highest BCUT2D eigenvalue weighted by Crippen LogP contribution is 2.26. The van der Waals surface area contributed by atoms with Gasteiger partial charge in [-0.3, -0.25) is 0 Å². The molecule has 0 saturated heterocycles. The van der Waals surface area contributed by atoms with E-state index in [1.54, 1.807) is 0 Å². The van der Waals surface area contributed by atoms with E-state index in [1.165, 1.54) is 40.6 Å². The minimum Gasteiger partial charge on any atom is -0.345 e. The quantitative estimate of drug-likeness (QED) is 0.856. The first-order valence-electron chi connectivity index (χ1n) is 6.47. The van der Waals surface area contributed by atoms with Crippen LogP contribution in [0.1, 0.15) is 36.6 Å². The molecule has 2 nitrogen and oxygen atoms in total. The minimum absolute atomic E-state index is 0.620. The van der Waals surface area contributed by atoms with E-state index in [0.29, 0.717) is 6.54 Å². The first-order valence-corrected chi connectivity index (χ1v) is 6.47. The van der Waals surface area contributed by atoms with Crippen molar-refractivity contribution in [1.29, 1.82) is 0 Å². The Morgan fingerprint density at radius 1 is 1.24 bits per heavy atom. The summed E-state index contributed by atoms with van der Waals surface area (Å²) in [4.78, 5) is 0. The van der Waals surface area contributed by atoms with Gasteiger partial charge in [-0.25, -0.2) is 0 Å². The Morgan fingerprint density at radius 2 is 2.00 bits per heavy atom. The molecular weight excluding hydrogens is 208 g/mol. The van der Waals surface area contributed by atoms with Crippen LogP contribution in [0.2, 0.25) is 0 Å². The number of fused-ring (bicyclic) bond motifs is 1. The molecule has 0 radical (unpaired) electrons. The largest absolute Gasteiger partial charge is 0.345 e. The maximum absolute atomic E-state index is 5.71. The van der Waals surface area contributed by atoms with E-state index >= 15 is 0 Å². The fourth-order valence-electron chi connectivity index (χ4n) is 2.43. The van der Waals surface area contributed by atoms with Gasteiger partial charge < -0.3 is 10.3 Å². The lowest BCUT2D eigenvalue weighted by atomic mass is 10.1. The van der Waals surface area contributed by atoms with Crippen LogP contribution in [0.25, 0.3) is 10.9 Å². The number of hydrogen-bond acceptors (Lipinski definition) is 1. The topological polar surface area (TPSA) is 30.9 Å². The van der Waals surface area contributed by atoms with Crippen molar-refractivity contribution in [2.24, 2.45) is 5.73 Å². The van der Waals surface area contributed by atoms with Gasteiger partial charge in [0, 0.05) is 29.7 Å². The van der Waals surface area contributed by atoms with Crippen molar-refractivity contribution in [3.05, 3.63) is 35.0 Å². The zero-order chi connectivity index (χ0) is 12.4. The zero-order valence-corrected chi connectivity index (χ0v) is 11.1. The van der Waals surface area contributed by atoms with Gasteiger partial charge in [0.15, 0.2) is 0 Å². The SMILES string of the molecule is CCCCn1c(C)c(C)c2cc(CN)ccc21. The Labute approximate surface area is 103 Å². The lowest BCUT2D eigenvalue weighted by Crippen LogP contribution is -2.00. The van der Waals surface area contributed by atoms with Crippen LogP contribution in [0.4, 0.5) is 0 Å². The molecule has 1 aromatic carbocycles. The predicted octanol–water partition coefficient (Wildman–Crippen LogP) is 3.52. The van der Waals surface area contributed by atoms with Gasteiger partial charge in [0.2, 0.25) is 0 Å². The fraction of sp³-hybridized carbons (Fsp3) is 0.467. The van der Waals surface area contributed by atoms with Crippen molar-refractivity contribution in [2.75, 3.05) is 0 Å². The van der Waals surface area contributed by atoms with Crippen LogP contribution in [0.15, 0.2) is 18.2 Å². The molecule has 0 aliphatic heterocycles. The third-order valence-corrected chi connectivity index (χ3v) is 3.67. The predicted molar refractivity (Wildman–Crippen MR) is 74.2 cm³/mol. The normalized spacial score (nSPS) is 11.3. The molecule has 0 fully saturated rings. The van der Waals surface area contributed by atoms with Gasteiger partial charge >= 0.3 is 0 Å². The van der Waals surface area contributed by atoms with E-state index in [1.807, 2.05) is 0 Å². The van der Waals surface area contributed by atoms with Gasteiger partial charge in [-0.15, -0.1) is 0 Å². The molecule has 1 aromatic heterocycles. The van der Waals surface area contributed by atoms with E-state index in [-0.39, 0.29) is 0 Å². The molecule has 0 amide bonds. The van der Waals surface area contributed by atoms with Crippen molar-refractivity contribution in [3.8, 4) is 0 Å². The second-order valence-corrected chi connectivity index (χ2v) is 4.77. The molecule has 0 unspecified atom stereocenters. The molecule has 0 aliphatic rings. The van der Waals surface area contributed by atoms with Gasteiger partial charge in [0.25, 0.3) is 0 Å². The standard InChI is InChI=1S/C15H22N2/c1-4-5-8-17-12(3)11(2)14-9-13(10-16)6-7-15(14)17/h6-7,9H,4-5,8,10,16H2,1-3H3. The molecular formula is C15H22N2. The molecule has 2 rings (SSSR count). The van der Waals surface area contributed by atoms with Crippen molar-refractivity contribution < 1.29 is 0 Å².